The number of aryl methyl sites for hydroxylation is 1. The molecule has 0 atom stereocenters. The van der Waals surface area contributed by atoms with Crippen LogP contribution in [0.4, 0.5) is 0 Å². The summed E-state index contributed by atoms with van der Waals surface area (Å²) < 4.78 is 5.82. The summed E-state index contributed by atoms with van der Waals surface area (Å²) >= 11 is 0. The number of nitrogens with zero attached hydrogens (tertiary/aromatic N) is 1. The molecular weight excluding hydrogens is 260 g/mol. The molecule has 0 unspecified atom stereocenters. The number of hydrogen-bond acceptors (Lipinski definition) is 3. The number of ether oxygens (including phenoxy) is 1. The lowest BCUT2D eigenvalue weighted by atomic mass is 10.1. The molecule has 21 heavy (non-hydrogen) atoms. The molecule has 0 radical (unpaired) electrons. The van der Waals surface area contributed by atoms with Crippen molar-refractivity contribution >= 4 is 0 Å². The van der Waals surface area contributed by atoms with Gasteiger partial charge in [-0.15, -0.1) is 0 Å². The lowest BCUT2D eigenvalue weighted by Crippen LogP contribution is -1.98. The normalized spacial score (nSPS) is 9.38. The zero-order valence-corrected chi connectivity index (χ0v) is 11.9. The van der Waals surface area contributed by atoms with Crippen LogP contribution in [0, 0.1) is 30.1 Å². The van der Waals surface area contributed by atoms with Crippen LogP contribution in [0.15, 0.2) is 42.5 Å². The second-order valence-electron chi connectivity index (χ2n) is 4.60. The van der Waals surface area contributed by atoms with Gasteiger partial charge in [0.05, 0.1) is 23.7 Å². The standard InChI is InChI=1S/C18H16N2O/c1-14-4-9-18(17(11-14)3-2-10-19)21-13-16-7-5-15(12-20)6-8-16/h4-9,11H,10,13,19H2,1H3. The molecular formula is C18H16N2O. The molecule has 0 saturated heterocycles. The third-order valence-corrected chi connectivity index (χ3v) is 2.94. The Kier molecular flexibility index (Phi) is 4.99. The van der Waals surface area contributed by atoms with E-state index < -0.39 is 0 Å². The van der Waals surface area contributed by atoms with Crippen molar-refractivity contribution in [3.63, 3.8) is 0 Å². The highest BCUT2D eigenvalue weighted by Gasteiger charge is 2.03. The maximum atomic E-state index is 8.77. The molecule has 3 heteroatoms. The molecule has 0 spiro atoms. The molecule has 2 rings (SSSR count). The van der Waals surface area contributed by atoms with E-state index in [2.05, 4.69) is 17.9 Å². The van der Waals surface area contributed by atoms with Gasteiger partial charge in [0.25, 0.3) is 0 Å². The molecule has 0 aliphatic heterocycles. The van der Waals surface area contributed by atoms with E-state index in [0.29, 0.717) is 18.7 Å². The van der Waals surface area contributed by atoms with Gasteiger partial charge < -0.3 is 10.5 Å². The van der Waals surface area contributed by atoms with Crippen molar-refractivity contribution in [2.24, 2.45) is 5.73 Å². The SMILES string of the molecule is Cc1ccc(OCc2ccc(C#N)cc2)c(C#CCN)c1. The third kappa shape index (κ3) is 4.11. The minimum Gasteiger partial charge on any atom is -0.488 e. The maximum Gasteiger partial charge on any atom is 0.135 e. The van der Waals surface area contributed by atoms with Crippen LogP contribution in [0.5, 0.6) is 5.75 Å². The van der Waals surface area contributed by atoms with Crippen LogP contribution in [0.25, 0.3) is 0 Å². The van der Waals surface area contributed by atoms with Gasteiger partial charge in [-0.1, -0.05) is 30.0 Å². The molecule has 2 N–H and O–H groups in total. The lowest BCUT2D eigenvalue weighted by Gasteiger charge is -2.09. The molecule has 0 aromatic heterocycles. The van der Waals surface area contributed by atoms with Gasteiger partial charge in [-0.3, -0.25) is 0 Å². The number of nitriles is 1. The minimum atomic E-state index is 0.322. The molecule has 0 bridgehead atoms. The highest BCUT2D eigenvalue weighted by atomic mass is 16.5. The first kappa shape index (κ1) is 14.7. The van der Waals surface area contributed by atoms with Gasteiger partial charge in [-0.25, -0.2) is 0 Å². The smallest absolute Gasteiger partial charge is 0.135 e. The van der Waals surface area contributed by atoms with Crippen molar-refractivity contribution in [2.45, 2.75) is 13.5 Å². The van der Waals surface area contributed by atoms with Gasteiger partial charge in [-0.2, -0.15) is 5.26 Å². The number of hydrogen-bond donors (Lipinski definition) is 1. The summed E-state index contributed by atoms with van der Waals surface area (Å²) in [7, 11) is 0. The lowest BCUT2D eigenvalue weighted by molar-refractivity contribution is 0.305. The van der Waals surface area contributed by atoms with Crippen LogP contribution in [0.3, 0.4) is 0 Å². The molecule has 0 aliphatic rings. The summed E-state index contributed by atoms with van der Waals surface area (Å²) in [6.07, 6.45) is 0. The number of rotatable bonds is 3. The van der Waals surface area contributed by atoms with Gasteiger partial charge in [-0.05, 0) is 42.3 Å². The molecule has 0 saturated carbocycles. The van der Waals surface area contributed by atoms with E-state index in [1.165, 1.54) is 0 Å². The average Bonchev–Trinajstić information content (AvgIpc) is 2.52. The Hall–Kier alpha value is -2.75. The highest BCUT2D eigenvalue weighted by Crippen LogP contribution is 2.20. The quantitative estimate of drug-likeness (QED) is 0.877. The molecule has 2 aromatic rings. The third-order valence-electron chi connectivity index (χ3n) is 2.94. The van der Waals surface area contributed by atoms with Crippen LogP contribution in [0.2, 0.25) is 0 Å². The van der Waals surface area contributed by atoms with Crippen LogP contribution < -0.4 is 10.5 Å². The van der Waals surface area contributed by atoms with Crippen molar-refractivity contribution < 1.29 is 4.74 Å². The van der Waals surface area contributed by atoms with Crippen molar-refractivity contribution in [3.8, 4) is 23.7 Å². The Morgan fingerprint density at radius 2 is 1.90 bits per heavy atom. The van der Waals surface area contributed by atoms with Crippen molar-refractivity contribution in [1.29, 1.82) is 5.26 Å². The Morgan fingerprint density at radius 1 is 1.14 bits per heavy atom. The largest absolute Gasteiger partial charge is 0.488 e. The molecule has 0 fully saturated rings. The summed E-state index contributed by atoms with van der Waals surface area (Å²) in [6, 6.07) is 15.3. The predicted octanol–water partition coefficient (Wildman–Crippen LogP) is 2.76. The Labute approximate surface area is 125 Å². The van der Waals surface area contributed by atoms with E-state index in [4.69, 9.17) is 15.7 Å². The number of benzene rings is 2. The van der Waals surface area contributed by atoms with E-state index in [-0.39, 0.29) is 0 Å². The fourth-order valence-corrected chi connectivity index (χ4v) is 1.85. The average molecular weight is 276 g/mol. The Morgan fingerprint density at radius 3 is 2.57 bits per heavy atom. The molecule has 0 amide bonds. The van der Waals surface area contributed by atoms with Crippen LogP contribution in [0.1, 0.15) is 22.3 Å². The van der Waals surface area contributed by atoms with Gasteiger partial charge in [0.1, 0.15) is 12.4 Å². The fourth-order valence-electron chi connectivity index (χ4n) is 1.85. The summed E-state index contributed by atoms with van der Waals surface area (Å²) in [5.74, 6) is 6.61. The second kappa shape index (κ2) is 7.14. The van der Waals surface area contributed by atoms with Gasteiger partial charge in [0.2, 0.25) is 0 Å². The van der Waals surface area contributed by atoms with Gasteiger partial charge in [0, 0.05) is 0 Å². The zero-order valence-electron chi connectivity index (χ0n) is 11.9. The van der Waals surface area contributed by atoms with Crippen molar-refractivity contribution in [2.75, 3.05) is 6.54 Å². The van der Waals surface area contributed by atoms with E-state index in [1.807, 2.05) is 37.3 Å². The predicted molar refractivity (Wildman–Crippen MR) is 82.6 cm³/mol. The van der Waals surface area contributed by atoms with Crippen molar-refractivity contribution in [1.82, 2.24) is 0 Å². The Bertz CT molecular complexity index is 716. The second-order valence-corrected chi connectivity index (χ2v) is 4.60. The van der Waals surface area contributed by atoms with E-state index in [1.54, 1.807) is 12.1 Å². The molecule has 2 aromatic carbocycles. The van der Waals surface area contributed by atoms with E-state index >= 15 is 0 Å². The summed E-state index contributed by atoms with van der Waals surface area (Å²) in [5.41, 5.74) is 9.03. The monoisotopic (exact) mass is 276 g/mol. The first-order chi connectivity index (χ1) is 10.2. The summed E-state index contributed by atoms with van der Waals surface area (Å²) in [4.78, 5) is 0. The summed E-state index contributed by atoms with van der Waals surface area (Å²) in [6.45, 7) is 2.77. The first-order valence-corrected chi connectivity index (χ1v) is 6.64. The zero-order chi connectivity index (χ0) is 15.1. The van der Waals surface area contributed by atoms with Crippen molar-refractivity contribution in [3.05, 3.63) is 64.7 Å². The fraction of sp³-hybridized carbons (Fsp3) is 0.167. The van der Waals surface area contributed by atoms with Crippen LogP contribution >= 0.6 is 0 Å². The molecule has 3 nitrogen and oxygen atoms in total. The maximum absolute atomic E-state index is 8.77. The molecule has 0 heterocycles. The van der Waals surface area contributed by atoms with Gasteiger partial charge in [0.15, 0.2) is 0 Å². The van der Waals surface area contributed by atoms with Gasteiger partial charge >= 0.3 is 0 Å². The van der Waals surface area contributed by atoms with E-state index in [9.17, 15) is 0 Å². The molecule has 0 aliphatic carbocycles. The van der Waals surface area contributed by atoms with Crippen LogP contribution in [-0.2, 0) is 6.61 Å². The minimum absolute atomic E-state index is 0.322. The number of nitrogens with two attached hydrogens (primary N) is 1. The first-order valence-electron chi connectivity index (χ1n) is 6.64. The van der Waals surface area contributed by atoms with Crippen LogP contribution in [-0.4, -0.2) is 6.54 Å². The Balaban J connectivity index is 2.13. The topological polar surface area (TPSA) is 59.0 Å². The summed E-state index contributed by atoms with van der Waals surface area (Å²) in [5, 5.41) is 8.77. The highest BCUT2D eigenvalue weighted by molar-refractivity contribution is 5.48. The molecule has 104 valence electrons. The van der Waals surface area contributed by atoms with E-state index in [0.717, 1.165) is 22.4 Å².